The van der Waals surface area contributed by atoms with Crippen LogP contribution >= 0.6 is 46.4 Å². The lowest BCUT2D eigenvalue weighted by Gasteiger charge is -2.38. The molecule has 0 fully saturated rings. The lowest BCUT2D eigenvalue weighted by Crippen LogP contribution is -2.40. The normalized spacial score (nSPS) is 19.9. The smallest absolute Gasteiger partial charge is 0.232 e. The number of carbonyl (C=O) groups excluding carboxylic acids is 2. The maximum atomic E-state index is 13.2. The van der Waals surface area contributed by atoms with Crippen LogP contribution in [-0.4, -0.2) is 11.7 Å². The average Bonchev–Trinajstić information content (AvgIpc) is 2.64. The fourth-order valence-corrected chi connectivity index (χ4v) is 4.75. The van der Waals surface area contributed by atoms with E-state index >= 15 is 0 Å². The average molecular weight is 455 g/mol. The molecule has 0 saturated heterocycles. The van der Waals surface area contributed by atoms with Crippen LogP contribution in [0.1, 0.15) is 37.2 Å². The summed E-state index contributed by atoms with van der Waals surface area (Å²) in [5.41, 5.74) is 2.74. The number of amides is 1. The lowest BCUT2D eigenvalue weighted by molar-refractivity contribution is -0.119. The molecule has 2 aliphatic rings. The summed E-state index contributed by atoms with van der Waals surface area (Å²) in [6.07, 6.45) is 1.94. The minimum atomic E-state index is -0.340. The number of benzene rings is 2. The number of ketones is 1. The summed E-state index contributed by atoms with van der Waals surface area (Å²) in [6.45, 7) is 0. The van der Waals surface area contributed by atoms with E-state index < -0.39 is 0 Å². The van der Waals surface area contributed by atoms with Crippen molar-refractivity contribution >= 4 is 63.8 Å². The molecule has 144 valence electrons. The van der Waals surface area contributed by atoms with E-state index in [4.69, 9.17) is 46.4 Å². The van der Waals surface area contributed by atoms with Gasteiger partial charge in [-0.2, -0.15) is 0 Å². The molecular formula is C21H15Cl4NO2. The third-order valence-corrected chi connectivity index (χ3v) is 6.45. The van der Waals surface area contributed by atoms with E-state index in [9.17, 15) is 9.59 Å². The first-order valence-electron chi connectivity index (χ1n) is 8.86. The van der Waals surface area contributed by atoms with E-state index in [1.54, 1.807) is 35.2 Å². The molecule has 4 rings (SSSR count). The van der Waals surface area contributed by atoms with Crippen LogP contribution in [0.5, 0.6) is 0 Å². The summed E-state index contributed by atoms with van der Waals surface area (Å²) in [5, 5.41) is 1.70. The Kier molecular flexibility index (Phi) is 5.45. The highest BCUT2D eigenvalue weighted by atomic mass is 35.5. The largest absolute Gasteiger partial charge is 0.294 e. The van der Waals surface area contributed by atoms with E-state index in [-0.39, 0.29) is 24.0 Å². The molecule has 28 heavy (non-hydrogen) atoms. The molecule has 7 heteroatoms. The van der Waals surface area contributed by atoms with Gasteiger partial charge < -0.3 is 0 Å². The van der Waals surface area contributed by atoms with Gasteiger partial charge >= 0.3 is 0 Å². The summed E-state index contributed by atoms with van der Waals surface area (Å²) in [6, 6.07) is 10.3. The summed E-state index contributed by atoms with van der Waals surface area (Å²) < 4.78 is 0. The minimum absolute atomic E-state index is 0.0555. The SMILES string of the molecule is O=C1CCCC2=C1C(c1ccc(Cl)c(Cl)c1)CC(=O)N2c1ccc(Cl)cc1Cl. The summed E-state index contributed by atoms with van der Waals surface area (Å²) in [4.78, 5) is 27.6. The second kappa shape index (κ2) is 7.72. The Balaban J connectivity index is 1.88. The number of nitrogens with zero attached hydrogens (tertiary/aromatic N) is 1. The quantitative estimate of drug-likeness (QED) is 0.498. The van der Waals surface area contributed by atoms with Gasteiger partial charge in [0.1, 0.15) is 0 Å². The maximum Gasteiger partial charge on any atom is 0.232 e. The van der Waals surface area contributed by atoms with Crippen LogP contribution in [0.15, 0.2) is 47.7 Å². The molecule has 0 radical (unpaired) electrons. The fraction of sp³-hybridized carbons (Fsp3) is 0.238. The van der Waals surface area contributed by atoms with Crippen molar-refractivity contribution in [3.63, 3.8) is 0 Å². The molecule has 1 unspecified atom stereocenters. The van der Waals surface area contributed by atoms with E-state index in [2.05, 4.69) is 0 Å². The van der Waals surface area contributed by atoms with Gasteiger partial charge in [0.05, 0.1) is 20.8 Å². The molecule has 1 heterocycles. The Bertz CT molecular complexity index is 1030. The van der Waals surface area contributed by atoms with Gasteiger partial charge in [-0.1, -0.05) is 52.5 Å². The molecule has 1 aliphatic heterocycles. The number of Topliss-reactive ketones (excluding diaryl/α,β-unsaturated/α-hetero) is 1. The van der Waals surface area contributed by atoms with E-state index in [0.29, 0.717) is 56.3 Å². The fourth-order valence-electron chi connectivity index (χ4n) is 3.95. The van der Waals surface area contributed by atoms with Gasteiger partial charge in [0.2, 0.25) is 5.91 Å². The van der Waals surface area contributed by atoms with Crippen molar-refractivity contribution in [2.45, 2.75) is 31.6 Å². The highest BCUT2D eigenvalue weighted by Gasteiger charge is 2.40. The van der Waals surface area contributed by atoms with Crippen LogP contribution in [0.4, 0.5) is 5.69 Å². The van der Waals surface area contributed by atoms with Gasteiger partial charge in [-0.05, 0) is 48.7 Å². The first kappa shape index (κ1) is 19.8. The third-order valence-electron chi connectivity index (χ3n) is 5.17. The highest BCUT2D eigenvalue weighted by Crippen LogP contribution is 2.45. The van der Waals surface area contributed by atoms with Gasteiger partial charge in [-0.15, -0.1) is 0 Å². The molecule has 1 aliphatic carbocycles. The Labute approximate surface area is 182 Å². The molecule has 2 aromatic rings. The highest BCUT2D eigenvalue weighted by molar-refractivity contribution is 6.42. The van der Waals surface area contributed by atoms with Crippen LogP contribution in [0.2, 0.25) is 20.1 Å². The van der Waals surface area contributed by atoms with Crippen LogP contribution in [-0.2, 0) is 9.59 Å². The Morgan fingerprint density at radius 1 is 0.857 bits per heavy atom. The zero-order valence-electron chi connectivity index (χ0n) is 14.6. The number of rotatable bonds is 2. The van der Waals surface area contributed by atoms with Crippen molar-refractivity contribution in [3.05, 3.63) is 73.3 Å². The van der Waals surface area contributed by atoms with Crippen molar-refractivity contribution in [3.8, 4) is 0 Å². The molecule has 3 nitrogen and oxygen atoms in total. The molecule has 0 spiro atoms. The number of halogens is 4. The Morgan fingerprint density at radius 2 is 1.64 bits per heavy atom. The predicted octanol–water partition coefficient (Wildman–Crippen LogP) is 6.83. The number of anilines is 1. The standard InChI is InChI=1S/C21H15Cl4NO2/c22-12-5-7-17(16(25)9-12)26-18-2-1-3-19(27)21(18)13(10-20(26)28)11-4-6-14(23)15(24)8-11/h4-9,13H,1-3,10H2. The zero-order chi connectivity index (χ0) is 20.0. The lowest BCUT2D eigenvalue weighted by atomic mass is 9.77. The summed E-state index contributed by atoms with van der Waals surface area (Å²) in [7, 11) is 0. The minimum Gasteiger partial charge on any atom is -0.294 e. The molecule has 0 aromatic heterocycles. The van der Waals surface area contributed by atoms with Crippen LogP contribution in [0, 0.1) is 0 Å². The monoisotopic (exact) mass is 453 g/mol. The Hall–Kier alpha value is -1.52. The Morgan fingerprint density at radius 3 is 2.36 bits per heavy atom. The van der Waals surface area contributed by atoms with Crippen LogP contribution < -0.4 is 4.90 Å². The number of carbonyl (C=O) groups is 2. The molecular weight excluding hydrogens is 440 g/mol. The molecule has 1 amide bonds. The van der Waals surface area contributed by atoms with E-state index in [1.807, 2.05) is 6.07 Å². The first-order chi connectivity index (χ1) is 13.4. The molecule has 1 atom stereocenters. The van der Waals surface area contributed by atoms with E-state index in [0.717, 1.165) is 5.56 Å². The number of hydrogen-bond acceptors (Lipinski definition) is 2. The van der Waals surface area contributed by atoms with Gasteiger partial charge in [0, 0.05) is 35.1 Å². The topological polar surface area (TPSA) is 37.4 Å². The van der Waals surface area contributed by atoms with Crippen molar-refractivity contribution in [2.75, 3.05) is 4.90 Å². The number of hydrogen-bond donors (Lipinski definition) is 0. The molecule has 0 bridgehead atoms. The van der Waals surface area contributed by atoms with Gasteiger partial charge in [0.25, 0.3) is 0 Å². The molecule has 0 N–H and O–H groups in total. The maximum absolute atomic E-state index is 13.2. The van der Waals surface area contributed by atoms with Gasteiger partial charge in [-0.25, -0.2) is 0 Å². The summed E-state index contributed by atoms with van der Waals surface area (Å²) >= 11 is 24.6. The third kappa shape index (κ3) is 3.46. The van der Waals surface area contributed by atoms with Crippen molar-refractivity contribution in [1.29, 1.82) is 0 Å². The molecule has 0 saturated carbocycles. The van der Waals surface area contributed by atoms with Crippen LogP contribution in [0.3, 0.4) is 0 Å². The van der Waals surface area contributed by atoms with Gasteiger partial charge in [-0.3, -0.25) is 14.5 Å². The van der Waals surface area contributed by atoms with Crippen molar-refractivity contribution in [1.82, 2.24) is 0 Å². The number of allylic oxidation sites excluding steroid dienone is 2. The van der Waals surface area contributed by atoms with Crippen molar-refractivity contribution < 1.29 is 9.59 Å². The van der Waals surface area contributed by atoms with Crippen LogP contribution in [0.25, 0.3) is 0 Å². The predicted molar refractivity (Wildman–Crippen MR) is 114 cm³/mol. The van der Waals surface area contributed by atoms with E-state index in [1.165, 1.54) is 0 Å². The molecule has 2 aromatic carbocycles. The van der Waals surface area contributed by atoms with Crippen molar-refractivity contribution in [2.24, 2.45) is 0 Å². The first-order valence-corrected chi connectivity index (χ1v) is 10.4. The zero-order valence-corrected chi connectivity index (χ0v) is 17.7. The van der Waals surface area contributed by atoms with Gasteiger partial charge in [0.15, 0.2) is 5.78 Å². The second-order valence-corrected chi connectivity index (χ2v) is 8.55. The summed E-state index contributed by atoms with van der Waals surface area (Å²) in [5.74, 6) is -0.402. The second-order valence-electron chi connectivity index (χ2n) is 6.89.